The van der Waals surface area contributed by atoms with E-state index in [1.54, 1.807) is 7.11 Å². The molecule has 1 aromatic rings. The average molecular weight is 341 g/mol. The maximum absolute atomic E-state index is 12.2. The number of amides is 1. The lowest BCUT2D eigenvalue weighted by molar-refractivity contribution is -0.126. The summed E-state index contributed by atoms with van der Waals surface area (Å²) < 4.78 is 29.0. The van der Waals surface area contributed by atoms with E-state index in [1.807, 2.05) is 24.3 Å². The lowest BCUT2D eigenvalue weighted by Gasteiger charge is -2.29. The van der Waals surface area contributed by atoms with Gasteiger partial charge in [0, 0.05) is 25.6 Å². The predicted octanol–water partition coefficient (Wildman–Crippen LogP) is 0.269. The molecule has 3 N–H and O–H groups in total. The van der Waals surface area contributed by atoms with Crippen LogP contribution < -0.4 is 15.2 Å². The highest BCUT2D eigenvalue weighted by atomic mass is 32.2. The molecular formula is C15H23N3O4S. The Morgan fingerprint density at radius 3 is 2.61 bits per heavy atom. The van der Waals surface area contributed by atoms with Gasteiger partial charge in [0.05, 0.1) is 7.11 Å². The Kier molecular flexibility index (Phi) is 5.97. The highest BCUT2D eigenvalue weighted by Gasteiger charge is 2.29. The molecule has 1 heterocycles. The molecule has 0 atom stereocenters. The molecule has 0 bridgehead atoms. The fourth-order valence-corrected chi connectivity index (χ4v) is 3.47. The number of ether oxygens (including phenoxy) is 1. The standard InChI is InChI=1S/C15H23N3O4S/c1-22-14-5-3-2-4-12(14)6-9-17-15(19)13-7-10-18(11-8-13)23(16,20)21/h2-5,13H,6-11H2,1H3,(H,17,19)(H2,16,20,21). The molecule has 0 aromatic heterocycles. The second-order valence-corrected chi connectivity index (χ2v) is 7.12. The second kappa shape index (κ2) is 7.76. The number of carbonyl (C=O) groups is 1. The van der Waals surface area contributed by atoms with Crippen molar-refractivity contribution < 1.29 is 17.9 Å². The van der Waals surface area contributed by atoms with E-state index >= 15 is 0 Å². The number of nitrogens with zero attached hydrogens (tertiary/aromatic N) is 1. The van der Waals surface area contributed by atoms with E-state index in [0.717, 1.165) is 11.3 Å². The first-order valence-electron chi connectivity index (χ1n) is 7.59. The third kappa shape index (κ3) is 4.92. The van der Waals surface area contributed by atoms with Crippen LogP contribution in [0.1, 0.15) is 18.4 Å². The van der Waals surface area contributed by atoms with E-state index in [4.69, 9.17) is 9.88 Å². The summed E-state index contributed by atoms with van der Waals surface area (Å²) in [5.41, 5.74) is 1.04. The first-order chi connectivity index (χ1) is 10.9. The van der Waals surface area contributed by atoms with Gasteiger partial charge in [-0.1, -0.05) is 18.2 Å². The van der Waals surface area contributed by atoms with E-state index in [-0.39, 0.29) is 11.8 Å². The predicted molar refractivity (Wildman–Crippen MR) is 87.1 cm³/mol. The van der Waals surface area contributed by atoms with E-state index in [1.165, 1.54) is 4.31 Å². The molecule has 0 radical (unpaired) electrons. The van der Waals surface area contributed by atoms with Gasteiger partial charge in [-0.25, -0.2) is 5.14 Å². The minimum absolute atomic E-state index is 0.0334. The van der Waals surface area contributed by atoms with Crippen molar-refractivity contribution in [1.29, 1.82) is 0 Å². The Morgan fingerprint density at radius 2 is 2.00 bits per heavy atom. The largest absolute Gasteiger partial charge is 0.496 e. The molecule has 7 nitrogen and oxygen atoms in total. The molecule has 1 fully saturated rings. The number of hydrogen-bond donors (Lipinski definition) is 2. The number of carbonyl (C=O) groups excluding carboxylic acids is 1. The zero-order valence-corrected chi connectivity index (χ0v) is 14.0. The van der Waals surface area contributed by atoms with Crippen LogP contribution in [0.2, 0.25) is 0 Å². The molecule has 8 heteroatoms. The topological polar surface area (TPSA) is 102 Å². The highest BCUT2D eigenvalue weighted by Crippen LogP contribution is 2.19. The number of nitrogens with one attached hydrogen (secondary N) is 1. The van der Waals surface area contributed by atoms with Crippen LogP contribution in [0.3, 0.4) is 0 Å². The highest BCUT2D eigenvalue weighted by molar-refractivity contribution is 7.86. The molecule has 1 aliphatic heterocycles. The Bertz CT molecular complexity index is 640. The van der Waals surface area contributed by atoms with E-state index in [0.29, 0.717) is 38.9 Å². The number of rotatable bonds is 6. The van der Waals surface area contributed by atoms with Crippen LogP contribution in [0.15, 0.2) is 24.3 Å². The van der Waals surface area contributed by atoms with Gasteiger partial charge in [0.15, 0.2) is 0 Å². The maximum Gasteiger partial charge on any atom is 0.276 e. The van der Waals surface area contributed by atoms with Gasteiger partial charge >= 0.3 is 0 Å². The Labute approximate surface area is 137 Å². The molecule has 0 unspecified atom stereocenters. The van der Waals surface area contributed by atoms with Crippen molar-refractivity contribution in [3.05, 3.63) is 29.8 Å². The van der Waals surface area contributed by atoms with Crippen molar-refractivity contribution in [2.75, 3.05) is 26.7 Å². The molecule has 23 heavy (non-hydrogen) atoms. The van der Waals surface area contributed by atoms with Crippen molar-refractivity contribution in [3.8, 4) is 5.75 Å². The third-order valence-electron chi connectivity index (χ3n) is 4.07. The summed E-state index contributed by atoms with van der Waals surface area (Å²) in [6.07, 6.45) is 1.68. The van der Waals surface area contributed by atoms with Crippen LogP contribution in [0.5, 0.6) is 5.75 Å². The van der Waals surface area contributed by atoms with Gasteiger partial charge in [-0.15, -0.1) is 0 Å². The van der Waals surface area contributed by atoms with Crippen LogP contribution in [0.25, 0.3) is 0 Å². The number of nitrogens with two attached hydrogens (primary N) is 1. The fourth-order valence-electron chi connectivity index (χ4n) is 2.75. The molecule has 0 aliphatic carbocycles. The molecule has 0 spiro atoms. The zero-order valence-electron chi connectivity index (χ0n) is 13.2. The fraction of sp³-hybridized carbons (Fsp3) is 0.533. The molecule has 1 saturated heterocycles. The summed E-state index contributed by atoms with van der Waals surface area (Å²) in [6.45, 7) is 1.11. The monoisotopic (exact) mass is 341 g/mol. The first-order valence-corrected chi connectivity index (χ1v) is 9.09. The summed E-state index contributed by atoms with van der Waals surface area (Å²) in [6, 6.07) is 7.69. The van der Waals surface area contributed by atoms with Crippen molar-refractivity contribution in [1.82, 2.24) is 9.62 Å². The lowest BCUT2D eigenvalue weighted by Crippen LogP contribution is -2.45. The van der Waals surface area contributed by atoms with Crippen LogP contribution >= 0.6 is 0 Å². The quantitative estimate of drug-likeness (QED) is 0.775. The van der Waals surface area contributed by atoms with Gasteiger partial charge in [0.25, 0.3) is 10.2 Å². The first kappa shape index (κ1) is 17.7. The summed E-state index contributed by atoms with van der Waals surface area (Å²) in [5.74, 6) is 0.614. The Balaban J connectivity index is 1.78. The van der Waals surface area contributed by atoms with Crippen LogP contribution in [0, 0.1) is 5.92 Å². The summed E-state index contributed by atoms with van der Waals surface area (Å²) in [4.78, 5) is 12.2. The van der Waals surface area contributed by atoms with Gasteiger partial charge in [0.2, 0.25) is 5.91 Å². The number of methoxy groups -OCH3 is 1. The van der Waals surface area contributed by atoms with Crippen molar-refractivity contribution in [2.24, 2.45) is 11.1 Å². The third-order valence-corrected chi connectivity index (χ3v) is 5.16. The van der Waals surface area contributed by atoms with Crippen LogP contribution in [0.4, 0.5) is 0 Å². The van der Waals surface area contributed by atoms with Gasteiger partial charge < -0.3 is 10.1 Å². The van der Waals surface area contributed by atoms with E-state index < -0.39 is 10.2 Å². The Morgan fingerprint density at radius 1 is 1.35 bits per heavy atom. The molecule has 0 saturated carbocycles. The molecule has 128 valence electrons. The molecule has 1 aliphatic rings. The van der Waals surface area contributed by atoms with Gasteiger partial charge in [-0.2, -0.15) is 12.7 Å². The molecule has 1 amide bonds. The normalized spacial score (nSPS) is 17.0. The molecular weight excluding hydrogens is 318 g/mol. The zero-order chi connectivity index (χ0) is 16.9. The van der Waals surface area contributed by atoms with Crippen LogP contribution in [-0.2, 0) is 21.4 Å². The van der Waals surface area contributed by atoms with Crippen LogP contribution in [-0.4, -0.2) is 45.4 Å². The smallest absolute Gasteiger partial charge is 0.276 e. The summed E-state index contributed by atoms with van der Waals surface area (Å²) >= 11 is 0. The summed E-state index contributed by atoms with van der Waals surface area (Å²) in [5, 5.41) is 8.00. The molecule has 2 rings (SSSR count). The minimum Gasteiger partial charge on any atom is -0.496 e. The average Bonchev–Trinajstić information content (AvgIpc) is 2.54. The van der Waals surface area contributed by atoms with Crippen molar-refractivity contribution in [3.63, 3.8) is 0 Å². The lowest BCUT2D eigenvalue weighted by atomic mass is 9.97. The van der Waals surface area contributed by atoms with Crippen molar-refractivity contribution in [2.45, 2.75) is 19.3 Å². The van der Waals surface area contributed by atoms with Gasteiger partial charge in [-0.05, 0) is 30.9 Å². The number of piperidine rings is 1. The van der Waals surface area contributed by atoms with Gasteiger partial charge in [0.1, 0.15) is 5.75 Å². The second-order valence-electron chi connectivity index (χ2n) is 5.57. The van der Waals surface area contributed by atoms with E-state index in [2.05, 4.69) is 5.32 Å². The number of para-hydroxylation sites is 1. The maximum atomic E-state index is 12.2. The Hall–Kier alpha value is -1.64. The number of hydrogen-bond acceptors (Lipinski definition) is 4. The minimum atomic E-state index is -3.65. The molecule has 1 aromatic carbocycles. The van der Waals surface area contributed by atoms with Crippen molar-refractivity contribution >= 4 is 16.1 Å². The SMILES string of the molecule is COc1ccccc1CCNC(=O)C1CCN(S(N)(=O)=O)CC1. The van der Waals surface area contributed by atoms with Gasteiger partial charge in [-0.3, -0.25) is 4.79 Å². The number of benzene rings is 1. The summed E-state index contributed by atoms with van der Waals surface area (Å²) in [7, 11) is -2.03. The van der Waals surface area contributed by atoms with E-state index in [9.17, 15) is 13.2 Å².